The Morgan fingerprint density at radius 2 is 1.90 bits per heavy atom. The molecular weight excluding hydrogens is 412 g/mol. The first kappa shape index (κ1) is 21.1. The lowest BCUT2D eigenvalue weighted by Gasteiger charge is -2.16. The van der Waals surface area contributed by atoms with Gasteiger partial charge < -0.3 is 14.6 Å². The van der Waals surface area contributed by atoms with Crippen LogP contribution in [0.5, 0.6) is 0 Å². The molecule has 1 aliphatic heterocycles. The van der Waals surface area contributed by atoms with E-state index in [2.05, 4.69) is 15.5 Å². The quantitative estimate of drug-likeness (QED) is 0.581. The standard InChI is InChI=1S/C23H24N4O3S/c1-14-4-8-19(9-5-14)27-12-17(11-21(27)29)22-25-26-23(30-22)31-13-20(28)24-18-7-6-15(2)16(3)10-18/h4-10,17H,11-13H2,1-3H3,(H,24,28). The normalized spacial score (nSPS) is 16.0. The average Bonchev–Trinajstić information content (AvgIpc) is 3.37. The molecule has 2 heterocycles. The number of nitrogens with one attached hydrogen (secondary N) is 1. The summed E-state index contributed by atoms with van der Waals surface area (Å²) < 4.78 is 5.74. The lowest BCUT2D eigenvalue weighted by molar-refractivity contribution is -0.117. The molecule has 8 heteroatoms. The average molecular weight is 437 g/mol. The molecule has 1 N–H and O–H groups in total. The van der Waals surface area contributed by atoms with E-state index in [9.17, 15) is 9.59 Å². The number of nitrogens with zero attached hydrogens (tertiary/aromatic N) is 3. The Kier molecular flexibility index (Phi) is 6.08. The minimum absolute atomic E-state index is 0.0361. The predicted molar refractivity (Wildman–Crippen MR) is 120 cm³/mol. The van der Waals surface area contributed by atoms with Gasteiger partial charge in [0, 0.05) is 24.3 Å². The number of hydrogen-bond acceptors (Lipinski definition) is 6. The highest BCUT2D eigenvalue weighted by Crippen LogP contribution is 2.32. The number of carbonyl (C=O) groups excluding carboxylic acids is 2. The van der Waals surface area contributed by atoms with E-state index in [1.807, 2.05) is 63.2 Å². The number of benzene rings is 2. The van der Waals surface area contributed by atoms with Crippen LogP contribution in [0.4, 0.5) is 11.4 Å². The molecule has 0 spiro atoms. The molecule has 0 bridgehead atoms. The van der Waals surface area contributed by atoms with Gasteiger partial charge in [0.25, 0.3) is 5.22 Å². The van der Waals surface area contributed by atoms with Gasteiger partial charge in [-0.25, -0.2) is 0 Å². The van der Waals surface area contributed by atoms with E-state index < -0.39 is 0 Å². The van der Waals surface area contributed by atoms with Gasteiger partial charge in [0.2, 0.25) is 17.7 Å². The fraction of sp³-hybridized carbons (Fsp3) is 0.304. The number of amides is 2. The summed E-state index contributed by atoms with van der Waals surface area (Å²) in [4.78, 5) is 26.4. The molecule has 31 heavy (non-hydrogen) atoms. The number of anilines is 2. The molecular formula is C23H24N4O3S. The molecule has 1 atom stereocenters. The summed E-state index contributed by atoms with van der Waals surface area (Å²) in [6.45, 7) is 6.55. The predicted octanol–water partition coefficient (Wildman–Crippen LogP) is 4.25. The number of rotatable bonds is 6. The minimum Gasteiger partial charge on any atom is -0.416 e. The summed E-state index contributed by atoms with van der Waals surface area (Å²) >= 11 is 1.18. The van der Waals surface area contributed by atoms with Crippen molar-refractivity contribution >= 4 is 35.0 Å². The van der Waals surface area contributed by atoms with Gasteiger partial charge in [-0.2, -0.15) is 0 Å². The molecule has 0 saturated carbocycles. The molecule has 1 aliphatic rings. The van der Waals surface area contributed by atoms with Gasteiger partial charge in [0.05, 0.1) is 11.7 Å². The zero-order valence-electron chi connectivity index (χ0n) is 17.7. The van der Waals surface area contributed by atoms with Crippen molar-refractivity contribution in [3.8, 4) is 0 Å². The van der Waals surface area contributed by atoms with Gasteiger partial charge >= 0.3 is 0 Å². The summed E-state index contributed by atoms with van der Waals surface area (Å²) in [6, 6.07) is 13.7. The van der Waals surface area contributed by atoms with E-state index >= 15 is 0 Å². The minimum atomic E-state index is -0.153. The highest BCUT2D eigenvalue weighted by atomic mass is 32.2. The van der Waals surface area contributed by atoms with Crippen LogP contribution in [0, 0.1) is 20.8 Å². The lowest BCUT2D eigenvalue weighted by atomic mass is 10.1. The van der Waals surface area contributed by atoms with Gasteiger partial charge in [0.1, 0.15) is 0 Å². The summed E-state index contributed by atoms with van der Waals surface area (Å²) in [7, 11) is 0. The molecule has 1 saturated heterocycles. The first-order valence-corrected chi connectivity index (χ1v) is 11.1. The van der Waals surface area contributed by atoms with Crippen molar-refractivity contribution in [2.45, 2.75) is 38.3 Å². The maximum atomic E-state index is 12.5. The van der Waals surface area contributed by atoms with Gasteiger partial charge in [-0.05, 0) is 56.2 Å². The van der Waals surface area contributed by atoms with Crippen molar-refractivity contribution < 1.29 is 14.0 Å². The van der Waals surface area contributed by atoms with Crippen LogP contribution in [-0.2, 0) is 9.59 Å². The number of hydrogen-bond donors (Lipinski definition) is 1. The Labute approximate surface area is 185 Å². The SMILES string of the molecule is Cc1ccc(N2CC(c3nnc(SCC(=O)Nc4ccc(C)c(C)c4)o3)CC2=O)cc1. The van der Waals surface area contributed by atoms with Gasteiger partial charge in [-0.3, -0.25) is 9.59 Å². The van der Waals surface area contributed by atoms with E-state index in [0.717, 1.165) is 22.5 Å². The zero-order valence-corrected chi connectivity index (χ0v) is 18.5. The fourth-order valence-corrected chi connectivity index (χ4v) is 4.00. The highest BCUT2D eigenvalue weighted by Gasteiger charge is 2.35. The first-order valence-electron chi connectivity index (χ1n) is 10.1. The molecule has 1 fully saturated rings. The molecule has 4 rings (SSSR count). The van der Waals surface area contributed by atoms with Crippen molar-refractivity contribution in [3.63, 3.8) is 0 Å². The van der Waals surface area contributed by atoms with Crippen LogP contribution in [0.1, 0.15) is 34.9 Å². The van der Waals surface area contributed by atoms with Crippen LogP contribution in [0.2, 0.25) is 0 Å². The topological polar surface area (TPSA) is 88.3 Å². The van der Waals surface area contributed by atoms with Crippen molar-refractivity contribution in [2.75, 3.05) is 22.5 Å². The van der Waals surface area contributed by atoms with Gasteiger partial charge in [0.15, 0.2) is 0 Å². The van der Waals surface area contributed by atoms with Crippen LogP contribution in [0.25, 0.3) is 0 Å². The second-order valence-corrected chi connectivity index (χ2v) is 8.71. The van der Waals surface area contributed by atoms with E-state index in [-0.39, 0.29) is 23.5 Å². The van der Waals surface area contributed by atoms with E-state index in [1.165, 1.54) is 17.3 Å². The maximum absolute atomic E-state index is 12.5. The smallest absolute Gasteiger partial charge is 0.277 e. The molecule has 160 valence electrons. The zero-order chi connectivity index (χ0) is 22.0. The van der Waals surface area contributed by atoms with Crippen molar-refractivity contribution in [2.24, 2.45) is 0 Å². The van der Waals surface area contributed by atoms with Gasteiger partial charge in [-0.15, -0.1) is 10.2 Å². The Morgan fingerprint density at radius 1 is 1.13 bits per heavy atom. The largest absolute Gasteiger partial charge is 0.416 e. The van der Waals surface area contributed by atoms with Crippen LogP contribution < -0.4 is 10.2 Å². The maximum Gasteiger partial charge on any atom is 0.277 e. The highest BCUT2D eigenvalue weighted by molar-refractivity contribution is 7.99. The third-order valence-corrected chi connectivity index (χ3v) is 6.18. The molecule has 1 unspecified atom stereocenters. The number of carbonyl (C=O) groups is 2. The third-order valence-electron chi connectivity index (χ3n) is 5.36. The summed E-state index contributed by atoms with van der Waals surface area (Å²) in [6.07, 6.45) is 0.327. The second-order valence-electron chi connectivity index (χ2n) is 7.78. The summed E-state index contributed by atoms with van der Waals surface area (Å²) in [5.41, 5.74) is 5.08. The van der Waals surface area contributed by atoms with Crippen LogP contribution in [-0.4, -0.2) is 34.3 Å². The molecule has 2 amide bonds. The van der Waals surface area contributed by atoms with Crippen molar-refractivity contribution in [3.05, 3.63) is 65.0 Å². The summed E-state index contributed by atoms with van der Waals surface area (Å²) in [5.74, 6) is 0.330. The number of aryl methyl sites for hydroxylation is 3. The monoisotopic (exact) mass is 436 g/mol. The Morgan fingerprint density at radius 3 is 2.65 bits per heavy atom. The number of aromatic nitrogens is 2. The van der Waals surface area contributed by atoms with E-state index in [4.69, 9.17) is 4.42 Å². The van der Waals surface area contributed by atoms with Gasteiger partial charge in [-0.1, -0.05) is 35.5 Å². The summed E-state index contributed by atoms with van der Waals surface area (Å²) in [5, 5.41) is 11.3. The molecule has 2 aromatic carbocycles. The van der Waals surface area contributed by atoms with E-state index in [0.29, 0.717) is 24.1 Å². The molecule has 1 aromatic heterocycles. The number of thioether (sulfide) groups is 1. The molecule has 3 aromatic rings. The third kappa shape index (κ3) is 4.96. The lowest BCUT2D eigenvalue weighted by Crippen LogP contribution is -2.24. The van der Waals surface area contributed by atoms with Crippen LogP contribution >= 0.6 is 11.8 Å². The van der Waals surface area contributed by atoms with Crippen LogP contribution in [0.3, 0.4) is 0 Å². The van der Waals surface area contributed by atoms with E-state index in [1.54, 1.807) is 4.90 Å². The van der Waals surface area contributed by atoms with Crippen molar-refractivity contribution in [1.82, 2.24) is 10.2 Å². The first-order chi connectivity index (χ1) is 14.9. The molecule has 7 nitrogen and oxygen atoms in total. The van der Waals surface area contributed by atoms with Crippen LogP contribution in [0.15, 0.2) is 52.1 Å². The Bertz CT molecular complexity index is 1110. The second kappa shape index (κ2) is 8.93. The fourth-order valence-electron chi connectivity index (χ4n) is 3.43. The van der Waals surface area contributed by atoms with Crippen molar-refractivity contribution in [1.29, 1.82) is 0 Å². The molecule has 0 aliphatic carbocycles. The Hall–Kier alpha value is -3.13. The Balaban J connectivity index is 1.33. The molecule has 0 radical (unpaired) electrons.